The molecule has 0 bridgehead atoms. The van der Waals surface area contributed by atoms with Crippen molar-refractivity contribution in [2.75, 3.05) is 7.11 Å². The second-order valence-corrected chi connectivity index (χ2v) is 9.14. The Morgan fingerprint density at radius 2 is 1.72 bits per heavy atom. The monoisotopic (exact) mass is 521 g/mol. The van der Waals surface area contributed by atoms with Gasteiger partial charge in [0.2, 0.25) is 0 Å². The molecule has 5 nitrogen and oxygen atoms in total. The number of ether oxygens (including phenoxy) is 1. The lowest BCUT2D eigenvalue weighted by atomic mass is 10.1. The zero-order valence-corrected chi connectivity index (χ0v) is 19.2. The van der Waals surface area contributed by atoms with Gasteiger partial charge in [0.05, 0.1) is 16.4 Å². The minimum atomic E-state index is -3.97. The van der Waals surface area contributed by atoms with Crippen LogP contribution in [0.15, 0.2) is 70.6 Å². The molecule has 0 atom stereocenters. The van der Waals surface area contributed by atoms with Gasteiger partial charge in [-0.2, -0.15) is 8.42 Å². The number of nitrogens with zero attached hydrogens (tertiary/aromatic N) is 1. The quantitative estimate of drug-likeness (QED) is 0.247. The fraction of sp³-hybridized carbons (Fsp3) is 0.136. The topological polar surface area (TPSA) is 65.0 Å². The summed E-state index contributed by atoms with van der Waals surface area (Å²) in [5.74, 6) is 0.472. The molecule has 0 spiro atoms. The van der Waals surface area contributed by atoms with Gasteiger partial charge < -0.3 is 8.92 Å². The highest BCUT2D eigenvalue weighted by molar-refractivity contribution is 14.1. The van der Waals surface area contributed by atoms with Crippen LogP contribution < -0.4 is 8.92 Å². The van der Waals surface area contributed by atoms with E-state index in [-0.39, 0.29) is 10.6 Å². The van der Waals surface area contributed by atoms with Crippen LogP contribution in [0, 0.1) is 17.4 Å². The number of halogens is 1. The largest absolute Gasteiger partial charge is 0.493 e. The third-order valence-electron chi connectivity index (χ3n) is 4.19. The lowest BCUT2D eigenvalue weighted by Crippen LogP contribution is -2.11. The second kappa shape index (κ2) is 8.96. The molecule has 0 aliphatic rings. The summed E-state index contributed by atoms with van der Waals surface area (Å²) in [5.41, 5.74) is 3.86. The number of methoxy groups -OCH3 is 1. The summed E-state index contributed by atoms with van der Waals surface area (Å²) < 4.78 is 36.5. The lowest BCUT2D eigenvalue weighted by Gasteiger charge is -2.13. The normalized spacial score (nSPS) is 11.6. The van der Waals surface area contributed by atoms with Crippen molar-refractivity contribution in [3.63, 3.8) is 0 Å². The van der Waals surface area contributed by atoms with Gasteiger partial charge in [0.1, 0.15) is 4.90 Å². The Hall–Kier alpha value is -2.39. The molecule has 3 rings (SSSR count). The van der Waals surface area contributed by atoms with Gasteiger partial charge in [-0.05, 0) is 83.5 Å². The Bertz CT molecular complexity index is 1160. The first kappa shape index (κ1) is 21.3. The summed E-state index contributed by atoms with van der Waals surface area (Å²) in [6.45, 7) is 4.02. The van der Waals surface area contributed by atoms with Gasteiger partial charge in [-0.25, -0.2) is 0 Å². The molecule has 3 aromatic carbocycles. The Balaban J connectivity index is 1.94. The third-order valence-corrected chi connectivity index (χ3v) is 6.23. The van der Waals surface area contributed by atoms with Gasteiger partial charge in [-0.15, -0.1) is 0 Å². The molecule has 0 unspecified atom stereocenters. The van der Waals surface area contributed by atoms with E-state index in [9.17, 15) is 8.42 Å². The van der Waals surface area contributed by atoms with E-state index in [0.717, 1.165) is 22.4 Å². The molecule has 0 aliphatic carbocycles. The summed E-state index contributed by atoms with van der Waals surface area (Å²) in [4.78, 5) is 4.64. The number of hydrogen-bond donors (Lipinski definition) is 0. The predicted molar refractivity (Wildman–Crippen MR) is 123 cm³/mol. The summed E-state index contributed by atoms with van der Waals surface area (Å²) in [5, 5.41) is 0. The van der Waals surface area contributed by atoms with Crippen LogP contribution in [0.5, 0.6) is 11.5 Å². The fourth-order valence-corrected chi connectivity index (χ4v) is 4.51. The van der Waals surface area contributed by atoms with E-state index < -0.39 is 10.1 Å². The number of benzene rings is 3. The maximum atomic E-state index is 12.6. The van der Waals surface area contributed by atoms with Crippen LogP contribution in [-0.4, -0.2) is 21.7 Å². The second-order valence-electron chi connectivity index (χ2n) is 6.43. The molecule has 0 saturated carbocycles. The van der Waals surface area contributed by atoms with E-state index in [2.05, 4.69) is 4.99 Å². The highest BCUT2D eigenvalue weighted by atomic mass is 127. The number of rotatable bonds is 6. The first-order valence-electron chi connectivity index (χ1n) is 8.78. The highest BCUT2D eigenvalue weighted by Crippen LogP contribution is 2.36. The van der Waals surface area contributed by atoms with Gasteiger partial charge in [0.15, 0.2) is 11.5 Å². The van der Waals surface area contributed by atoms with E-state index in [1.165, 1.54) is 19.2 Å². The maximum Gasteiger partial charge on any atom is 0.339 e. The van der Waals surface area contributed by atoms with Crippen molar-refractivity contribution in [3.05, 3.63) is 80.9 Å². The zero-order chi connectivity index (χ0) is 21.0. The highest BCUT2D eigenvalue weighted by Gasteiger charge is 2.21. The average molecular weight is 521 g/mol. The van der Waals surface area contributed by atoms with Crippen LogP contribution in [0.25, 0.3) is 0 Å². The minimum absolute atomic E-state index is 0.0819. The molecule has 0 aliphatic heterocycles. The van der Waals surface area contributed by atoms with Crippen molar-refractivity contribution in [1.29, 1.82) is 0 Å². The van der Waals surface area contributed by atoms with E-state index in [0.29, 0.717) is 9.32 Å². The molecule has 3 aromatic rings. The standard InChI is InChI=1S/C22H20INO4S/c1-15-9-10-16(2)20(11-15)24-14-17-12-19(23)22(21(13-17)27-3)28-29(25,26)18-7-5-4-6-8-18/h4-14H,1-3H3. The van der Waals surface area contributed by atoms with Gasteiger partial charge in [0.25, 0.3) is 0 Å². The molecule has 150 valence electrons. The Kier molecular flexibility index (Phi) is 6.59. The molecule has 0 saturated heterocycles. The molecule has 0 heterocycles. The first-order chi connectivity index (χ1) is 13.8. The van der Waals surface area contributed by atoms with Crippen molar-refractivity contribution in [3.8, 4) is 11.5 Å². The van der Waals surface area contributed by atoms with Crippen LogP contribution in [0.1, 0.15) is 16.7 Å². The molecule has 0 radical (unpaired) electrons. The molecular weight excluding hydrogens is 501 g/mol. The molecule has 29 heavy (non-hydrogen) atoms. The van der Waals surface area contributed by atoms with Crippen LogP contribution >= 0.6 is 22.6 Å². The smallest absolute Gasteiger partial charge is 0.339 e. The molecular formula is C22H20INO4S. The van der Waals surface area contributed by atoms with Crippen molar-refractivity contribution in [1.82, 2.24) is 0 Å². The summed E-state index contributed by atoms with van der Waals surface area (Å²) in [7, 11) is -2.49. The summed E-state index contributed by atoms with van der Waals surface area (Å²) in [6.07, 6.45) is 1.72. The third kappa shape index (κ3) is 5.16. The van der Waals surface area contributed by atoms with Gasteiger partial charge in [0, 0.05) is 6.21 Å². The van der Waals surface area contributed by atoms with Gasteiger partial charge in [-0.1, -0.05) is 30.3 Å². The average Bonchev–Trinajstić information content (AvgIpc) is 2.71. The van der Waals surface area contributed by atoms with Crippen LogP contribution in [0.3, 0.4) is 0 Å². The molecule has 0 amide bonds. The van der Waals surface area contributed by atoms with Crippen molar-refractivity contribution in [2.24, 2.45) is 4.99 Å². The Morgan fingerprint density at radius 3 is 2.41 bits per heavy atom. The summed E-state index contributed by atoms with van der Waals surface area (Å²) >= 11 is 2.03. The van der Waals surface area contributed by atoms with E-state index >= 15 is 0 Å². The number of aryl methyl sites for hydroxylation is 2. The van der Waals surface area contributed by atoms with Crippen LogP contribution in [0.4, 0.5) is 5.69 Å². The zero-order valence-electron chi connectivity index (χ0n) is 16.2. The lowest BCUT2D eigenvalue weighted by molar-refractivity contribution is 0.389. The fourth-order valence-electron chi connectivity index (χ4n) is 2.64. The minimum Gasteiger partial charge on any atom is -0.493 e. The first-order valence-corrected chi connectivity index (χ1v) is 11.3. The molecule has 7 heteroatoms. The van der Waals surface area contributed by atoms with Gasteiger partial charge in [-0.3, -0.25) is 4.99 Å². The number of hydrogen-bond acceptors (Lipinski definition) is 5. The predicted octanol–water partition coefficient (Wildman–Crippen LogP) is 5.43. The van der Waals surface area contributed by atoms with Crippen molar-refractivity contribution >= 4 is 44.6 Å². The van der Waals surface area contributed by atoms with Crippen molar-refractivity contribution < 1.29 is 17.3 Å². The Labute approximate surface area is 184 Å². The van der Waals surface area contributed by atoms with Crippen LogP contribution in [-0.2, 0) is 10.1 Å². The summed E-state index contributed by atoms with van der Waals surface area (Å²) in [6, 6.07) is 17.6. The Morgan fingerprint density at radius 1 is 1.00 bits per heavy atom. The van der Waals surface area contributed by atoms with Crippen molar-refractivity contribution in [2.45, 2.75) is 18.7 Å². The SMILES string of the molecule is COc1cc(C=Nc2cc(C)ccc2C)cc(I)c1OS(=O)(=O)c1ccccc1. The molecule has 0 aromatic heterocycles. The number of aliphatic imine (C=N–C) groups is 1. The van der Waals surface area contributed by atoms with E-state index in [1.807, 2.05) is 54.6 Å². The van der Waals surface area contributed by atoms with E-state index in [1.54, 1.807) is 36.5 Å². The van der Waals surface area contributed by atoms with E-state index in [4.69, 9.17) is 8.92 Å². The molecule has 0 N–H and O–H groups in total. The maximum absolute atomic E-state index is 12.6. The molecule has 0 fully saturated rings. The van der Waals surface area contributed by atoms with Gasteiger partial charge >= 0.3 is 10.1 Å². The van der Waals surface area contributed by atoms with Crippen LogP contribution in [0.2, 0.25) is 0 Å².